The molecule has 0 bridgehead atoms. The predicted octanol–water partition coefficient (Wildman–Crippen LogP) is 5.82. The molecule has 1 aliphatic heterocycles. The van der Waals surface area contributed by atoms with Crippen LogP contribution in [0, 0.1) is 12.3 Å². The van der Waals surface area contributed by atoms with Crippen molar-refractivity contribution in [3.63, 3.8) is 0 Å². The number of Topliss-reactive ketones (excluding diaryl/α,β-unsaturated/α-hetero) is 1. The third-order valence-electron chi connectivity index (χ3n) is 6.07. The number of aryl methyl sites for hydroxylation is 1. The first kappa shape index (κ1) is 20.7. The molecule has 1 aliphatic carbocycles. The summed E-state index contributed by atoms with van der Waals surface area (Å²) in [6.45, 7) is 6.08. The Hall–Kier alpha value is -2.59. The van der Waals surface area contributed by atoms with E-state index in [0.717, 1.165) is 22.4 Å². The van der Waals surface area contributed by atoms with Crippen LogP contribution >= 0.6 is 11.6 Å². The average molecular weight is 424 g/mol. The first-order valence-electron chi connectivity index (χ1n) is 10.2. The van der Waals surface area contributed by atoms with Crippen molar-refractivity contribution in [2.75, 3.05) is 12.0 Å². The Balaban J connectivity index is 1.92. The van der Waals surface area contributed by atoms with Crippen LogP contribution in [0.4, 0.5) is 5.69 Å². The number of allylic oxidation sites excluding steroid dienone is 2. The van der Waals surface area contributed by atoms with Gasteiger partial charge in [-0.2, -0.15) is 0 Å². The van der Waals surface area contributed by atoms with Crippen molar-refractivity contribution in [1.82, 2.24) is 0 Å². The van der Waals surface area contributed by atoms with Crippen LogP contribution in [0.1, 0.15) is 50.2 Å². The number of ether oxygens (including phenoxy) is 1. The minimum absolute atomic E-state index is 0.0323. The number of para-hydroxylation sites is 1. The highest BCUT2D eigenvalue weighted by Gasteiger charge is 2.45. The lowest BCUT2D eigenvalue weighted by molar-refractivity contribution is -0.121. The summed E-state index contributed by atoms with van der Waals surface area (Å²) in [5, 5.41) is 0.607. The monoisotopic (exact) mass is 423 g/mol. The molecule has 1 heterocycles. The van der Waals surface area contributed by atoms with E-state index in [1.165, 1.54) is 0 Å². The second-order valence-electron chi connectivity index (χ2n) is 8.96. The lowest BCUT2D eigenvalue weighted by Gasteiger charge is -2.43. The van der Waals surface area contributed by atoms with Crippen molar-refractivity contribution >= 4 is 29.0 Å². The fraction of sp³-hybridized carbons (Fsp3) is 0.360. The van der Waals surface area contributed by atoms with Gasteiger partial charge in [0, 0.05) is 40.6 Å². The van der Waals surface area contributed by atoms with E-state index >= 15 is 0 Å². The van der Waals surface area contributed by atoms with E-state index in [4.69, 9.17) is 16.3 Å². The Morgan fingerprint density at radius 1 is 1.10 bits per heavy atom. The molecule has 0 saturated heterocycles. The van der Waals surface area contributed by atoms with E-state index in [1.807, 2.05) is 49.4 Å². The van der Waals surface area contributed by atoms with Crippen molar-refractivity contribution in [2.24, 2.45) is 5.41 Å². The van der Waals surface area contributed by atoms with Gasteiger partial charge in [0.05, 0.1) is 12.8 Å². The zero-order valence-corrected chi connectivity index (χ0v) is 18.5. The number of carbonyl (C=O) groups excluding carboxylic acids is 2. The van der Waals surface area contributed by atoms with Crippen LogP contribution in [0.25, 0.3) is 0 Å². The van der Waals surface area contributed by atoms with Gasteiger partial charge in [-0.25, -0.2) is 0 Å². The van der Waals surface area contributed by atoms with Crippen molar-refractivity contribution in [3.8, 4) is 5.75 Å². The Bertz CT molecular complexity index is 1070. The number of benzene rings is 2. The number of rotatable bonds is 3. The molecule has 156 valence electrons. The quantitative estimate of drug-likeness (QED) is 0.624. The zero-order valence-electron chi connectivity index (χ0n) is 17.8. The topological polar surface area (TPSA) is 46.6 Å². The van der Waals surface area contributed by atoms with Gasteiger partial charge in [0.25, 0.3) is 0 Å². The van der Waals surface area contributed by atoms with Crippen LogP contribution in [-0.4, -0.2) is 18.8 Å². The maximum atomic E-state index is 13.4. The molecule has 2 aromatic rings. The van der Waals surface area contributed by atoms with Crippen LogP contribution in [-0.2, 0) is 9.59 Å². The second-order valence-corrected chi connectivity index (χ2v) is 9.37. The summed E-state index contributed by atoms with van der Waals surface area (Å²) in [6.07, 6.45) is 1.34. The molecule has 2 aromatic carbocycles. The van der Waals surface area contributed by atoms with Gasteiger partial charge in [-0.15, -0.1) is 0 Å². The van der Waals surface area contributed by atoms with Crippen molar-refractivity contribution in [1.29, 1.82) is 0 Å². The molecule has 2 aliphatic rings. The normalized spacial score (nSPS) is 21.0. The standard InChI is InChI=1S/C25H26ClNO3/c1-15-9-10-16(11-19(15)26)27-20-13-25(2,3)14-21(28)24(20)18(12-23(27)29)17-7-5-6-8-22(17)30-4/h5-11,18H,12-14H2,1-4H3. The van der Waals surface area contributed by atoms with Gasteiger partial charge < -0.3 is 4.74 Å². The fourth-order valence-corrected chi connectivity index (χ4v) is 4.83. The zero-order chi connectivity index (χ0) is 21.6. The molecule has 0 spiro atoms. The molecule has 1 atom stereocenters. The summed E-state index contributed by atoms with van der Waals surface area (Å²) in [6, 6.07) is 13.3. The Kier molecular flexibility index (Phi) is 5.23. The number of hydrogen-bond acceptors (Lipinski definition) is 3. The minimum Gasteiger partial charge on any atom is -0.496 e. The highest BCUT2D eigenvalue weighted by Crippen LogP contribution is 2.49. The first-order chi connectivity index (χ1) is 14.2. The summed E-state index contributed by atoms with van der Waals surface area (Å²) in [7, 11) is 1.62. The van der Waals surface area contributed by atoms with Crippen molar-refractivity contribution in [3.05, 3.63) is 69.9 Å². The molecule has 0 fully saturated rings. The Morgan fingerprint density at radius 2 is 1.83 bits per heavy atom. The molecule has 1 unspecified atom stereocenters. The number of carbonyl (C=O) groups is 2. The fourth-order valence-electron chi connectivity index (χ4n) is 4.66. The molecular weight excluding hydrogens is 398 g/mol. The highest BCUT2D eigenvalue weighted by molar-refractivity contribution is 6.31. The van der Waals surface area contributed by atoms with Crippen molar-refractivity contribution in [2.45, 2.75) is 46.0 Å². The number of methoxy groups -OCH3 is 1. The predicted molar refractivity (Wildman–Crippen MR) is 119 cm³/mol. The third-order valence-corrected chi connectivity index (χ3v) is 6.48. The largest absolute Gasteiger partial charge is 0.496 e. The van der Waals surface area contributed by atoms with Crippen LogP contribution in [0.15, 0.2) is 53.7 Å². The third kappa shape index (κ3) is 3.54. The van der Waals surface area contributed by atoms with Gasteiger partial charge in [0.15, 0.2) is 5.78 Å². The van der Waals surface area contributed by atoms with Gasteiger partial charge in [0.2, 0.25) is 5.91 Å². The summed E-state index contributed by atoms with van der Waals surface area (Å²) in [5.41, 5.74) is 3.86. The van der Waals surface area contributed by atoms with Gasteiger partial charge in [-0.3, -0.25) is 14.5 Å². The number of anilines is 1. The number of hydrogen-bond donors (Lipinski definition) is 0. The Morgan fingerprint density at radius 3 is 2.53 bits per heavy atom. The van der Waals surface area contributed by atoms with Gasteiger partial charge in [-0.05, 0) is 42.5 Å². The van der Waals surface area contributed by atoms with E-state index in [2.05, 4.69) is 13.8 Å². The first-order valence-corrected chi connectivity index (χ1v) is 10.6. The molecule has 0 radical (unpaired) electrons. The second kappa shape index (κ2) is 7.59. The highest BCUT2D eigenvalue weighted by atomic mass is 35.5. The molecule has 30 heavy (non-hydrogen) atoms. The van der Waals surface area contributed by atoms with Crippen LogP contribution in [0.3, 0.4) is 0 Å². The lowest BCUT2D eigenvalue weighted by Crippen LogP contribution is -2.43. The smallest absolute Gasteiger partial charge is 0.232 e. The summed E-state index contributed by atoms with van der Waals surface area (Å²) >= 11 is 6.37. The molecule has 1 amide bonds. The van der Waals surface area contributed by atoms with Crippen molar-refractivity contribution < 1.29 is 14.3 Å². The number of halogens is 1. The number of amides is 1. The van der Waals surface area contributed by atoms with Crippen LogP contribution in [0.2, 0.25) is 5.02 Å². The van der Waals surface area contributed by atoms with Gasteiger partial charge in [-0.1, -0.05) is 49.7 Å². The van der Waals surface area contributed by atoms with E-state index in [0.29, 0.717) is 29.3 Å². The summed E-state index contributed by atoms with van der Waals surface area (Å²) < 4.78 is 5.55. The molecule has 0 saturated carbocycles. The van der Waals surface area contributed by atoms with Gasteiger partial charge in [0.1, 0.15) is 5.75 Å². The van der Waals surface area contributed by atoms with Gasteiger partial charge >= 0.3 is 0 Å². The maximum Gasteiger partial charge on any atom is 0.232 e. The maximum absolute atomic E-state index is 13.4. The molecule has 4 nitrogen and oxygen atoms in total. The number of nitrogens with zero attached hydrogens (tertiary/aromatic N) is 1. The summed E-state index contributed by atoms with van der Waals surface area (Å²) in [4.78, 5) is 28.5. The van der Waals surface area contributed by atoms with E-state index < -0.39 is 0 Å². The number of ketones is 1. The lowest BCUT2D eigenvalue weighted by atomic mass is 9.69. The average Bonchev–Trinajstić information content (AvgIpc) is 2.68. The minimum atomic E-state index is -0.301. The molecule has 5 heteroatoms. The Labute approximate surface area is 182 Å². The SMILES string of the molecule is COc1ccccc1C1CC(=O)N(c2ccc(C)c(Cl)c2)C2=C1C(=O)CC(C)(C)C2. The van der Waals surface area contributed by atoms with E-state index in [9.17, 15) is 9.59 Å². The van der Waals surface area contributed by atoms with Crippen LogP contribution in [0.5, 0.6) is 5.75 Å². The van der Waals surface area contributed by atoms with E-state index in [-0.39, 0.29) is 29.4 Å². The molecule has 4 rings (SSSR count). The van der Waals surface area contributed by atoms with E-state index in [1.54, 1.807) is 12.0 Å². The molecule has 0 aromatic heterocycles. The summed E-state index contributed by atoms with van der Waals surface area (Å²) in [5.74, 6) is 0.471. The molecule has 0 N–H and O–H groups in total. The molecular formula is C25H26ClNO3. The van der Waals surface area contributed by atoms with Crippen LogP contribution < -0.4 is 9.64 Å².